The maximum Gasteiger partial charge on any atom is 0.276 e. The first-order valence-electron chi connectivity index (χ1n) is 11.7. The van der Waals surface area contributed by atoms with Gasteiger partial charge in [-0.25, -0.2) is 22.5 Å². The molecule has 0 aliphatic rings. The molecular formula is C27H23FN6O4S. The van der Waals surface area contributed by atoms with Crippen molar-refractivity contribution in [2.45, 2.75) is 11.9 Å². The van der Waals surface area contributed by atoms with Crippen LogP contribution in [0, 0.1) is 12.7 Å². The summed E-state index contributed by atoms with van der Waals surface area (Å²) < 4.78 is 40.6. The van der Waals surface area contributed by atoms with Crippen LogP contribution >= 0.6 is 0 Å². The van der Waals surface area contributed by atoms with Crippen molar-refractivity contribution in [3.05, 3.63) is 100 Å². The number of hydrogen-bond donors (Lipinski definition) is 2. The third kappa shape index (κ3) is 5.27. The number of carbonyl (C=O) groups is 1. The molecule has 0 saturated heterocycles. The number of aromatic nitrogens is 4. The van der Waals surface area contributed by atoms with Crippen LogP contribution in [0.15, 0.2) is 82.9 Å². The summed E-state index contributed by atoms with van der Waals surface area (Å²) in [6.07, 6.45) is 2.47. The monoisotopic (exact) mass is 546 g/mol. The molecule has 0 unspecified atom stereocenters. The fraction of sp³-hybridized carbons (Fsp3) is 0.111. The Hall–Kier alpha value is -4.84. The molecule has 0 aliphatic carbocycles. The van der Waals surface area contributed by atoms with E-state index in [4.69, 9.17) is 0 Å². The number of carbonyl (C=O) groups excluding carboxylic acids is 1. The van der Waals surface area contributed by atoms with Crippen molar-refractivity contribution in [1.82, 2.24) is 19.3 Å². The minimum atomic E-state index is -3.76. The molecule has 12 heteroatoms. The van der Waals surface area contributed by atoms with E-state index in [-0.39, 0.29) is 22.0 Å². The molecule has 0 radical (unpaired) electrons. The van der Waals surface area contributed by atoms with Gasteiger partial charge in [0.05, 0.1) is 22.9 Å². The van der Waals surface area contributed by atoms with E-state index in [1.165, 1.54) is 41.2 Å². The Kier molecular flexibility index (Phi) is 6.48. The first kappa shape index (κ1) is 25.8. The van der Waals surface area contributed by atoms with E-state index in [1.807, 2.05) is 6.92 Å². The predicted molar refractivity (Wildman–Crippen MR) is 146 cm³/mol. The largest absolute Gasteiger partial charge is 0.355 e. The normalized spacial score (nSPS) is 11.5. The molecular weight excluding hydrogens is 523 g/mol. The number of fused-ring (bicyclic) bond motifs is 1. The van der Waals surface area contributed by atoms with E-state index >= 15 is 0 Å². The van der Waals surface area contributed by atoms with Crippen molar-refractivity contribution < 1.29 is 17.6 Å². The van der Waals surface area contributed by atoms with E-state index in [2.05, 4.69) is 20.7 Å². The van der Waals surface area contributed by atoms with Gasteiger partial charge in [-0.05, 0) is 67.1 Å². The highest BCUT2D eigenvalue weighted by atomic mass is 32.2. The molecule has 0 fully saturated rings. The Bertz CT molecular complexity index is 1910. The van der Waals surface area contributed by atoms with Crippen LogP contribution in [0.3, 0.4) is 0 Å². The van der Waals surface area contributed by atoms with E-state index < -0.39 is 21.6 Å². The Morgan fingerprint density at radius 3 is 2.41 bits per heavy atom. The molecule has 1 amide bonds. The molecule has 2 N–H and O–H groups in total. The molecule has 10 nitrogen and oxygen atoms in total. The number of hydrogen-bond acceptors (Lipinski definition) is 7. The number of aryl methyl sites for hydroxylation is 2. The summed E-state index contributed by atoms with van der Waals surface area (Å²) in [5, 5.41) is 10.4. The highest BCUT2D eigenvalue weighted by molar-refractivity contribution is 7.90. The highest BCUT2D eigenvalue weighted by Gasteiger charge is 2.22. The van der Waals surface area contributed by atoms with Gasteiger partial charge >= 0.3 is 0 Å². The molecule has 3 aromatic carbocycles. The van der Waals surface area contributed by atoms with Crippen LogP contribution < -0.4 is 16.2 Å². The lowest BCUT2D eigenvalue weighted by Gasteiger charge is -2.13. The van der Waals surface area contributed by atoms with Crippen LogP contribution in [-0.4, -0.2) is 39.9 Å². The number of halogens is 1. The standard InChI is InChI=1S/C27H23FN6O4S/c1-16-4-7-19(13-23(16)30-18-8-11-22-21(12-18)27(36)33(2)15-29-22)31-26(35)24-14-25(39(3,37)38)34(32-24)20-9-5-17(28)6-10-20/h4-15,30H,1-3H3,(H,31,35). The van der Waals surface area contributed by atoms with Gasteiger partial charge in [-0.3, -0.25) is 9.59 Å². The Morgan fingerprint density at radius 2 is 1.69 bits per heavy atom. The minimum Gasteiger partial charge on any atom is -0.355 e. The average Bonchev–Trinajstić information content (AvgIpc) is 3.36. The first-order chi connectivity index (χ1) is 18.5. The van der Waals surface area contributed by atoms with Gasteiger partial charge < -0.3 is 15.2 Å². The molecule has 198 valence electrons. The van der Waals surface area contributed by atoms with Crippen LogP contribution in [0.1, 0.15) is 16.1 Å². The number of benzene rings is 3. The zero-order valence-electron chi connectivity index (χ0n) is 21.1. The number of nitrogens with zero attached hydrogens (tertiary/aromatic N) is 4. The molecule has 0 aliphatic heterocycles. The Morgan fingerprint density at radius 1 is 0.974 bits per heavy atom. The zero-order valence-corrected chi connectivity index (χ0v) is 22.0. The van der Waals surface area contributed by atoms with Crippen LogP contribution in [0.25, 0.3) is 16.6 Å². The van der Waals surface area contributed by atoms with Crippen LogP contribution in [0.2, 0.25) is 0 Å². The van der Waals surface area contributed by atoms with Gasteiger partial charge in [0, 0.05) is 36.4 Å². The second kappa shape index (κ2) is 9.80. The van der Waals surface area contributed by atoms with E-state index in [1.54, 1.807) is 43.4 Å². The van der Waals surface area contributed by atoms with Crippen molar-refractivity contribution in [3.8, 4) is 5.69 Å². The molecule has 39 heavy (non-hydrogen) atoms. The smallest absolute Gasteiger partial charge is 0.276 e. The molecule has 0 bridgehead atoms. The fourth-order valence-electron chi connectivity index (χ4n) is 3.98. The van der Waals surface area contributed by atoms with Gasteiger partial charge in [0.25, 0.3) is 11.5 Å². The Balaban J connectivity index is 1.43. The molecule has 0 atom stereocenters. The zero-order chi connectivity index (χ0) is 27.9. The summed E-state index contributed by atoms with van der Waals surface area (Å²) in [5.74, 6) is -1.12. The maximum absolute atomic E-state index is 13.4. The molecule has 0 spiro atoms. The predicted octanol–water partition coefficient (Wildman–Crippen LogP) is 3.97. The summed E-state index contributed by atoms with van der Waals surface area (Å²) in [6.45, 7) is 1.89. The van der Waals surface area contributed by atoms with Gasteiger partial charge in [-0.1, -0.05) is 6.07 Å². The number of nitrogens with one attached hydrogen (secondary N) is 2. The van der Waals surface area contributed by atoms with Gasteiger partial charge in [0.1, 0.15) is 5.82 Å². The molecule has 5 aromatic rings. The summed E-state index contributed by atoms with van der Waals surface area (Å²) >= 11 is 0. The van der Waals surface area contributed by atoms with Crippen molar-refractivity contribution in [3.63, 3.8) is 0 Å². The molecule has 5 rings (SSSR count). The quantitative estimate of drug-likeness (QED) is 0.330. The lowest BCUT2D eigenvalue weighted by molar-refractivity contribution is 0.102. The third-order valence-corrected chi connectivity index (χ3v) is 7.10. The van der Waals surface area contributed by atoms with Gasteiger partial charge in [-0.2, -0.15) is 5.10 Å². The molecule has 2 heterocycles. The summed E-state index contributed by atoms with van der Waals surface area (Å²) in [4.78, 5) is 29.8. The number of anilines is 3. The highest BCUT2D eigenvalue weighted by Crippen LogP contribution is 2.26. The topological polar surface area (TPSA) is 128 Å². The summed E-state index contributed by atoms with van der Waals surface area (Å²) in [5.41, 5.74) is 3.23. The third-order valence-electron chi connectivity index (χ3n) is 6.05. The van der Waals surface area contributed by atoms with Crippen LogP contribution in [-0.2, 0) is 16.9 Å². The lowest BCUT2D eigenvalue weighted by Crippen LogP contribution is -2.16. The number of rotatable bonds is 6. The molecule has 2 aromatic heterocycles. The Labute approximate surface area is 222 Å². The van der Waals surface area contributed by atoms with Crippen LogP contribution in [0.4, 0.5) is 21.5 Å². The van der Waals surface area contributed by atoms with E-state index in [0.29, 0.717) is 28.0 Å². The second-order valence-corrected chi connectivity index (χ2v) is 11.0. The average molecular weight is 547 g/mol. The number of sulfone groups is 1. The maximum atomic E-state index is 13.4. The second-order valence-electron chi connectivity index (χ2n) is 9.03. The lowest BCUT2D eigenvalue weighted by atomic mass is 10.1. The summed E-state index contributed by atoms with van der Waals surface area (Å²) in [7, 11) is -2.13. The van der Waals surface area contributed by atoms with Crippen molar-refractivity contribution in [1.29, 1.82) is 0 Å². The SMILES string of the molecule is Cc1ccc(NC(=O)c2cc(S(C)(=O)=O)n(-c3ccc(F)cc3)n2)cc1Nc1ccc2ncn(C)c(=O)c2c1. The first-order valence-corrected chi connectivity index (χ1v) is 13.6. The number of amides is 1. The van der Waals surface area contributed by atoms with Gasteiger partial charge in [0.2, 0.25) is 0 Å². The van der Waals surface area contributed by atoms with E-state index in [9.17, 15) is 22.4 Å². The van der Waals surface area contributed by atoms with E-state index in [0.717, 1.165) is 16.5 Å². The van der Waals surface area contributed by atoms with Crippen molar-refractivity contribution in [2.24, 2.45) is 7.05 Å². The van der Waals surface area contributed by atoms with Crippen molar-refractivity contribution in [2.75, 3.05) is 16.9 Å². The van der Waals surface area contributed by atoms with Gasteiger partial charge in [-0.15, -0.1) is 0 Å². The molecule has 0 saturated carbocycles. The van der Waals surface area contributed by atoms with Crippen molar-refractivity contribution >= 4 is 43.7 Å². The van der Waals surface area contributed by atoms with Crippen LogP contribution in [0.5, 0.6) is 0 Å². The summed E-state index contributed by atoms with van der Waals surface area (Å²) in [6, 6.07) is 16.7. The minimum absolute atomic E-state index is 0.132. The van der Waals surface area contributed by atoms with Gasteiger partial charge in [0.15, 0.2) is 20.6 Å². The fourth-order valence-corrected chi connectivity index (χ4v) is 4.77.